The molecule has 1 heterocycles. The highest BCUT2D eigenvalue weighted by molar-refractivity contribution is 6.00. The molecule has 0 aromatic heterocycles. The van der Waals surface area contributed by atoms with E-state index in [0.717, 1.165) is 29.8 Å². The predicted molar refractivity (Wildman–Crippen MR) is 60.9 cm³/mol. The number of hydrogen-bond donors (Lipinski definition) is 1. The van der Waals surface area contributed by atoms with Gasteiger partial charge in [0.15, 0.2) is 0 Å². The van der Waals surface area contributed by atoms with Crippen LogP contribution in [0.5, 0.6) is 0 Å². The summed E-state index contributed by atoms with van der Waals surface area (Å²) in [7, 11) is 0. The minimum atomic E-state index is -0.316. The molecule has 3 heteroatoms. The van der Waals surface area contributed by atoms with Crippen molar-refractivity contribution in [3.8, 4) is 0 Å². The molecular weight excluding hydrogens is 188 g/mol. The molecule has 0 bridgehead atoms. The minimum absolute atomic E-state index is 0.0485. The van der Waals surface area contributed by atoms with Gasteiger partial charge in [0, 0.05) is 12.2 Å². The molecule has 15 heavy (non-hydrogen) atoms. The molecule has 1 unspecified atom stereocenters. The predicted octanol–water partition coefficient (Wildman–Crippen LogP) is 1.37. The average Bonchev–Trinajstić information content (AvgIpc) is 2.49. The number of amides is 1. The fourth-order valence-electron chi connectivity index (χ4n) is 2.16. The number of carbonyl (C=O) groups is 1. The van der Waals surface area contributed by atoms with E-state index in [1.807, 2.05) is 36.9 Å². The second-order valence-electron chi connectivity index (χ2n) is 4.13. The molecule has 80 valence electrons. The van der Waals surface area contributed by atoms with Gasteiger partial charge in [-0.15, -0.1) is 0 Å². The Bertz CT molecular complexity index is 380. The summed E-state index contributed by atoms with van der Waals surface area (Å²) in [5.74, 6) is 0.0485. The summed E-state index contributed by atoms with van der Waals surface area (Å²) in [6.45, 7) is 4.80. The molecule has 1 atom stereocenters. The molecule has 1 fully saturated rings. The molecule has 3 nitrogen and oxygen atoms in total. The first-order chi connectivity index (χ1) is 7.11. The first-order valence-electron chi connectivity index (χ1n) is 5.24. The third kappa shape index (κ3) is 1.63. The molecule has 0 aliphatic carbocycles. The molecule has 1 aromatic carbocycles. The maximum Gasteiger partial charge on any atom is 0.243 e. The van der Waals surface area contributed by atoms with E-state index in [2.05, 4.69) is 0 Å². The van der Waals surface area contributed by atoms with Crippen molar-refractivity contribution >= 4 is 11.6 Å². The van der Waals surface area contributed by atoms with Crippen LogP contribution in [0.15, 0.2) is 18.2 Å². The summed E-state index contributed by atoms with van der Waals surface area (Å²) >= 11 is 0. The lowest BCUT2D eigenvalue weighted by Crippen LogP contribution is -2.34. The van der Waals surface area contributed by atoms with E-state index < -0.39 is 0 Å². The summed E-state index contributed by atoms with van der Waals surface area (Å²) < 4.78 is 0. The van der Waals surface area contributed by atoms with E-state index in [1.165, 1.54) is 0 Å². The van der Waals surface area contributed by atoms with Crippen LogP contribution in [-0.2, 0) is 4.79 Å². The van der Waals surface area contributed by atoms with Crippen molar-refractivity contribution < 1.29 is 4.79 Å². The summed E-state index contributed by atoms with van der Waals surface area (Å²) in [6, 6.07) is 5.75. The maximum atomic E-state index is 11.8. The second-order valence-corrected chi connectivity index (χ2v) is 4.13. The van der Waals surface area contributed by atoms with Crippen LogP contribution < -0.4 is 10.6 Å². The van der Waals surface area contributed by atoms with Crippen molar-refractivity contribution in [2.75, 3.05) is 11.4 Å². The lowest BCUT2D eigenvalue weighted by Gasteiger charge is -2.21. The van der Waals surface area contributed by atoms with E-state index >= 15 is 0 Å². The van der Waals surface area contributed by atoms with Crippen LogP contribution in [0, 0.1) is 13.8 Å². The number of hydrogen-bond acceptors (Lipinski definition) is 2. The SMILES string of the molecule is Cc1cccc(C)c1N1CCC(N)C1=O. The van der Waals surface area contributed by atoms with Gasteiger partial charge in [0.05, 0.1) is 6.04 Å². The summed E-state index contributed by atoms with van der Waals surface area (Å²) in [5, 5.41) is 0. The zero-order chi connectivity index (χ0) is 11.0. The number of aryl methyl sites for hydroxylation is 2. The normalized spacial score (nSPS) is 21.1. The average molecular weight is 204 g/mol. The van der Waals surface area contributed by atoms with Gasteiger partial charge in [0.2, 0.25) is 5.91 Å². The Morgan fingerprint density at radius 1 is 1.33 bits per heavy atom. The fourth-order valence-corrected chi connectivity index (χ4v) is 2.16. The number of nitrogens with two attached hydrogens (primary N) is 1. The van der Waals surface area contributed by atoms with Crippen LogP contribution in [0.2, 0.25) is 0 Å². The lowest BCUT2D eigenvalue weighted by molar-refractivity contribution is -0.118. The van der Waals surface area contributed by atoms with Crippen LogP contribution in [0.3, 0.4) is 0 Å². The van der Waals surface area contributed by atoms with Gasteiger partial charge < -0.3 is 10.6 Å². The van der Waals surface area contributed by atoms with Gasteiger partial charge in [-0.25, -0.2) is 0 Å². The Morgan fingerprint density at radius 2 is 1.93 bits per heavy atom. The smallest absolute Gasteiger partial charge is 0.243 e. The Balaban J connectivity index is 2.42. The highest BCUT2D eigenvalue weighted by atomic mass is 16.2. The summed E-state index contributed by atoms with van der Waals surface area (Å²) in [6.07, 6.45) is 0.757. The van der Waals surface area contributed by atoms with E-state index in [0.29, 0.717) is 0 Å². The van der Waals surface area contributed by atoms with Gasteiger partial charge in [-0.05, 0) is 31.4 Å². The van der Waals surface area contributed by atoms with Crippen LogP contribution in [0.25, 0.3) is 0 Å². The quantitative estimate of drug-likeness (QED) is 0.751. The molecular formula is C12H16N2O. The number of carbonyl (C=O) groups excluding carboxylic acids is 1. The largest absolute Gasteiger partial charge is 0.320 e. The first-order valence-corrected chi connectivity index (χ1v) is 5.24. The van der Waals surface area contributed by atoms with Crippen LogP contribution in [0.4, 0.5) is 5.69 Å². The number of benzene rings is 1. The molecule has 1 saturated heterocycles. The Hall–Kier alpha value is -1.35. The summed E-state index contributed by atoms with van der Waals surface area (Å²) in [4.78, 5) is 13.6. The number of rotatable bonds is 1. The number of para-hydroxylation sites is 1. The molecule has 1 aliphatic rings. The molecule has 0 spiro atoms. The second kappa shape index (κ2) is 3.66. The molecule has 1 aromatic rings. The van der Waals surface area contributed by atoms with Crippen molar-refractivity contribution in [3.63, 3.8) is 0 Å². The van der Waals surface area contributed by atoms with Gasteiger partial charge in [0.1, 0.15) is 0 Å². The van der Waals surface area contributed by atoms with Gasteiger partial charge in [0.25, 0.3) is 0 Å². The third-order valence-electron chi connectivity index (χ3n) is 2.96. The highest BCUT2D eigenvalue weighted by Crippen LogP contribution is 2.28. The highest BCUT2D eigenvalue weighted by Gasteiger charge is 2.30. The van der Waals surface area contributed by atoms with E-state index in [9.17, 15) is 4.79 Å². The van der Waals surface area contributed by atoms with E-state index in [1.54, 1.807) is 0 Å². The summed E-state index contributed by atoms with van der Waals surface area (Å²) in [5.41, 5.74) is 9.03. The minimum Gasteiger partial charge on any atom is -0.320 e. The Morgan fingerprint density at radius 3 is 2.40 bits per heavy atom. The molecule has 0 saturated carbocycles. The van der Waals surface area contributed by atoms with Gasteiger partial charge in [-0.3, -0.25) is 4.79 Å². The standard InChI is InChI=1S/C12H16N2O/c1-8-4-3-5-9(2)11(8)14-7-6-10(13)12(14)15/h3-5,10H,6-7,13H2,1-2H3. The molecule has 2 rings (SSSR count). The van der Waals surface area contributed by atoms with Gasteiger partial charge >= 0.3 is 0 Å². The number of anilines is 1. The van der Waals surface area contributed by atoms with Gasteiger partial charge in [-0.1, -0.05) is 18.2 Å². The topological polar surface area (TPSA) is 46.3 Å². The first kappa shape index (κ1) is 10.2. The molecule has 2 N–H and O–H groups in total. The molecule has 1 amide bonds. The van der Waals surface area contributed by atoms with Crippen LogP contribution >= 0.6 is 0 Å². The van der Waals surface area contributed by atoms with Crippen molar-refractivity contribution in [3.05, 3.63) is 29.3 Å². The Labute approximate surface area is 89.9 Å². The zero-order valence-electron chi connectivity index (χ0n) is 9.16. The van der Waals surface area contributed by atoms with Crippen molar-refractivity contribution in [1.29, 1.82) is 0 Å². The monoisotopic (exact) mass is 204 g/mol. The zero-order valence-corrected chi connectivity index (χ0v) is 9.16. The van der Waals surface area contributed by atoms with Crippen LogP contribution in [0.1, 0.15) is 17.5 Å². The van der Waals surface area contributed by atoms with Crippen molar-refractivity contribution in [2.24, 2.45) is 5.73 Å². The van der Waals surface area contributed by atoms with Crippen molar-refractivity contribution in [1.82, 2.24) is 0 Å². The van der Waals surface area contributed by atoms with Crippen LogP contribution in [-0.4, -0.2) is 18.5 Å². The van der Waals surface area contributed by atoms with Crippen molar-refractivity contribution in [2.45, 2.75) is 26.3 Å². The maximum absolute atomic E-state index is 11.8. The third-order valence-corrected chi connectivity index (χ3v) is 2.96. The molecule has 0 radical (unpaired) electrons. The van der Waals surface area contributed by atoms with E-state index in [4.69, 9.17) is 5.73 Å². The fraction of sp³-hybridized carbons (Fsp3) is 0.417. The number of nitrogens with zero attached hydrogens (tertiary/aromatic N) is 1. The van der Waals surface area contributed by atoms with Gasteiger partial charge in [-0.2, -0.15) is 0 Å². The molecule has 1 aliphatic heterocycles. The lowest BCUT2D eigenvalue weighted by atomic mass is 10.1. The van der Waals surface area contributed by atoms with E-state index in [-0.39, 0.29) is 11.9 Å². The Kier molecular flexibility index (Phi) is 2.49.